The zero-order valence-corrected chi connectivity index (χ0v) is 16.3. The molecule has 1 unspecified atom stereocenters. The van der Waals surface area contributed by atoms with E-state index in [-0.39, 0.29) is 12.4 Å². The van der Waals surface area contributed by atoms with Gasteiger partial charge in [0.05, 0.1) is 11.5 Å². The summed E-state index contributed by atoms with van der Waals surface area (Å²) in [6.07, 6.45) is 3.91. The van der Waals surface area contributed by atoms with Gasteiger partial charge in [-0.2, -0.15) is 0 Å². The number of thiophene rings is 1. The maximum absolute atomic E-state index is 12.5. The fourth-order valence-electron chi connectivity index (χ4n) is 2.71. The predicted molar refractivity (Wildman–Crippen MR) is 106 cm³/mol. The zero-order chi connectivity index (χ0) is 18.4. The number of Topliss-reactive ketones (excluding diaryl/α,β-unsaturated/α-hetero) is 1. The van der Waals surface area contributed by atoms with Crippen LogP contribution in [0.15, 0.2) is 30.3 Å². The summed E-state index contributed by atoms with van der Waals surface area (Å²) in [5.41, 5.74) is 9.14. The number of ketones is 1. The molecule has 1 aromatic heterocycles. The lowest BCUT2D eigenvalue weighted by Crippen LogP contribution is -2.40. The van der Waals surface area contributed by atoms with Crippen LogP contribution in [0.1, 0.15) is 57.4 Å². The van der Waals surface area contributed by atoms with Gasteiger partial charge >= 0.3 is 0 Å². The Kier molecular flexibility index (Phi) is 6.94. The van der Waals surface area contributed by atoms with Gasteiger partial charge in [-0.1, -0.05) is 29.8 Å². The summed E-state index contributed by atoms with van der Waals surface area (Å²) in [6, 6.07) is 10.5. The summed E-state index contributed by atoms with van der Waals surface area (Å²) in [6.45, 7) is 5.95. The summed E-state index contributed by atoms with van der Waals surface area (Å²) in [7, 11) is 0. The molecule has 0 saturated carbocycles. The van der Waals surface area contributed by atoms with E-state index < -0.39 is 5.54 Å². The van der Waals surface area contributed by atoms with Gasteiger partial charge in [0.2, 0.25) is 0 Å². The first-order valence-electron chi connectivity index (χ1n) is 8.88. The average Bonchev–Trinajstić information content (AvgIpc) is 2.96. The van der Waals surface area contributed by atoms with Crippen LogP contribution in [0.4, 0.5) is 0 Å². The molecule has 2 aromatic rings. The Morgan fingerprint density at radius 1 is 1.20 bits per heavy atom. The van der Waals surface area contributed by atoms with Crippen LogP contribution in [-0.2, 0) is 12.8 Å². The molecule has 0 aliphatic heterocycles. The van der Waals surface area contributed by atoms with Crippen LogP contribution in [0.3, 0.4) is 0 Å². The molecular weight excluding hydrogens is 330 g/mol. The third-order valence-electron chi connectivity index (χ3n) is 4.57. The Bertz CT molecular complexity index is 701. The van der Waals surface area contributed by atoms with Gasteiger partial charge in [-0.3, -0.25) is 4.79 Å². The summed E-state index contributed by atoms with van der Waals surface area (Å²) < 4.78 is 0. The summed E-state index contributed by atoms with van der Waals surface area (Å²) >= 11 is 1.58. The van der Waals surface area contributed by atoms with Crippen LogP contribution in [0.25, 0.3) is 0 Å². The second kappa shape index (κ2) is 8.75. The van der Waals surface area contributed by atoms with E-state index in [0.717, 1.165) is 29.7 Å². The SMILES string of the molecule is Cc1ccc(CCCC(=O)c2cc(C)c(CCC(C)(N)CO)s2)cc1. The van der Waals surface area contributed by atoms with E-state index in [2.05, 4.69) is 31.2 Å². The first-order valence-corrected chi connectivity index (χ1v) is 9.70. The van der Waals surface area contributed by atoms with Crippen molar-refractivity contribution in [1.82, 2.24) is 0 Å². The number of aliphatic hydroxyl groups is 1. The third kappa shape index (κ3) is 6.07. The number of nitrogens with two attached hydrogens (primary N) is 1. The lowest BCUT2D eigenvalue weighted by Gasteiger charge is -2.21. The largest absolute Gasteiger partial charge is 0.394 e. The molecule has 0 fully saturated rings. The number of benzene rings is 1. The highest BCUT2D eigenvalue weighted by atomic mass is 32.1. The molecular formula is C21H29NO2S. The monoisotopic (exact) mass is 359 g/mol. The Balaban J connectivity index is 1.87. The van der Waals surface area contributed by atoms with Crippen molar-refractivity contribution in [3.63, 3.8) is 0 Å². The standard InChI is InChI=1S/C21H29NO2S/c1-15-7-9-17(10-8-15)5-4-6-18(24)20-13-16(2)19(25-20)11-12-21(3,22)14-23/h7-10,13,23H,4-6,11-12,14,22H2,1-3H3. The van der Waals surface area contributed by atoms with Crippen molar-refractivity contribution in [2.75, 3.05) is 6.61 Å². The van der Waals surface area contributed by atoms with Gasteiger partial charge < -0.3 is 10.8 Å². The van der Waals surface area contributed by atoms with Gasteiger partial charge in [-0.15, -0.1) is 11.3 Å². The van der Waals surface area contributed by atoms with Gasteiger partial charge in [-0.25, -0.2) is 0 Å². The molecule has 0 spiro atoms. The molecule has 1 heterocycles. The molecule has 1 atom stereocenters. The number of carbonyl (C=O) groups excluding carboxylic acids is 1. The smallest absolute Gasteiger partial charge is 0.172 e. The lowest BCUT2D eigenvalue weighted by molar-refractivity contribution is 0.0984. The fourth-order valence-corrected chi connectivity index (χ4v) is 3.86. The van der Waals surface area contributed by atoms with E-state index in [4.69, 9.17) is 5.73 Å². The zero-order valence-electron chi connectivity index (χ0n) is 15.5. The Morgan fingerprint density at radius 3 is 2.52 bits per heavy atom. The molecule has 0 bridgehead atoms. The summed E-state index contributed by atoms with van der Waals surface area (Å²) in [4.78, 5) is 14.5. The van der Waals surface area contributed by atoms with Crippen molar-refractivity contribution in [2.45, 2.75) is 58.4 Å². The predicted octanol–water partition coefficient (Wildman–Crippen LogP) is 4.21. The average molecular weight is 360 g/mol. The molecule has 3 nitrogen and oxygen atoms in total. The minimum Gasteiger partial charge on any atom is -0.394 e. The third-order valence-corrected chi connectivity index (χ3v) is 5.91. The normalized spacial score (nSPS) is 13.6. The number of carbonyl (C=O) groups is 1. The van der Waals surface area contributed by atoms with E-state index in [1.165, 1.54) is 16.0 Å². The molecule has 25 heavy (non-hydrogen) atoms. The molecule has 1 aromatic carbocycles. The van der Waals surface area contributed by atoms with Gasteiger partial charge in [0.15, 0.2) is 5.78 Å². The van der Waals surface area contributed by atoms with Crippen molar-refractivity contribution in [3.8, 4) is 0 Å². The van der Waals surface area contributed by atoms with Crippen LogP contribution >= 0.6 is 11.3 Å². The Morgan fingerprint density at radius 2 is 1.88 bits per heavy atom. The van der Waals surface area contributed by atoms with Crippen LogP contribution in [0.5, 0.6) is 0 Å². The molecule has 0 saturated heterocycles. The van der Waals surface area contributed by atoms with Crippen molar-refractivity contribution >= 4 is 17.1 Å². The molecule has 2 rings (SSSR count). The molecule has 136 valence electrons. The number of aryl methyl sites for hydroxylation is 4. The van der Waals surface area contributed by atoms with Crippen molar-refractivity contribution in [1.29, 1.82) is 0 Å². The molecule has 0 amide bonds. The number of hydrogen-bond donors (Lipinski definition) is 2. The first-order chi connectivity index (χ1) is 11.8. The van der Waals surface area contributed by atoms with Crippen LogP contribution < -0.4 is 5.73 Å². The first kappa shape index (κ1) is 19.8. The molecule has 0 aliphatic carbocycles. The van der Waals surface area contributed by atoms with E-state index in [1.807, 2.05) is 19.9 Å². The highest BCUT2D eigenvalue weighted by molar-refractivity contribution is 7.14. The van der Waals surface area contributed by atoms with Crippen molar-refractivity contribution in [3.05, 3.63) is 56.8 Å². The molecule has 3 N–H and O–H groups in total. The van der Waals surface area contributed by atoms with E-state index >= 15 is 0 Å². The number of rotatable bonds is 9. The van der Waals surface area contributed by atoms with Crippen LogP contribution in [0.2, 0.25) is 0 Å². The highest BCUT2D eigenvalue weighted by Crippen LogP contribution is 2.26. The maximum Gasteiger partial charge on any atom is 0.172 e. The lowest BCUT2D eigenvalue weighted by atomic mass is 9.97. The second-order valence-corrected chi connectivity index (χ2v) is 8.43. The topological polar surface area (TPSA) is 63.3 Å². The number of aliphatic hydroxyl groups excluding tert-OH is 1. The minimum atomic E-state index is -0.561. The fraction of sp³-hybridized carbons (Fsp3) is 0.476. The summed E-state index contributed by atoms with van der Waals surface area (Å²) in [5.74, 6) is 0.226. The van der Waals surface area contributed by atoms with Gasteiger partial charge in [0.25, 0.3) is 0 Å². The number of hydrogen-bond acceptors (Lipinski definition) is 4. The van der Waals surface area contributed by atoms with Crippen LogP contribution in [0, 0.1) is 13.8 Å². The quantitative estimate of drug-likeness (QED) is 0.659. The van der Waals surface area contributed by atoms with Gasteiger partial charge in [0, 0.05) is 16.8 Å². The van der Waals surface area contributed by atoms with E-state index in [9.17, 15) is 9.90 Å². The highest BCUT2D eigenvalue weighted by Gasteiger charge is 2.19. The Labute approximate surface area is 154 Å². The minimum absolute atomic E-state index is 0.0256. The van der Waals surface area contributed by atoms with Gasteiger partial charge in [0.1, 0.15) is 0 Å². The van der Waals surface area contributed by atoms with Crippen LogP contribution in [-0.4, -0.2) is 23.0 Å². The second-order valence-electron chi connectivity index (χ2n) is 7.29. The summed E-state index contributed by atoms with van der Waals surface area (Å²) in [5, 5.41) is 9.27. The maximum atomic E-state index is 12.5. The molecule has 0 radical (unpaired) electrons. The van der Waals surface area contributed by atoms with Gasteiger partial charge in [-0.05, 0) is 63.6 Å². The van der Waals surface area contributed by atoms with Crippen molar-refractivity contribution in [2.24, 2.45) is 5.73 Å². The molecule has 0 aliphatic rings. The van der Waals surface area contributed by atoms with E-state index in [0.29, 0.717) is 12.8 Å². The van der Waals surface area contributed by atoms with Crippen molar-refractivity contribution < 1.29 is 9.90 Å². The molecule has 4 heteroatoms. The Hall–Kier alpha value is -1.49. The van der Waals surface area contributed by atoms with E-state index in [1.54, 1.807) is 11.3 Å².